The number of carbonyl (C=O) groups excluding carboxylic acids is 2. The first kappa shape index (κ1) is 25.3. The molecule has 1 atom stereocenters. The van der Waals surface area contributed by atoms with Crippen LogP contribution in [0.2, 0.25) is 0 Å². The Morgan fingerprint density at radius 2 is 1.53 bits per heavy atom. The molecule has 3 rings (SSSR count). The first-order chi connectivity index (χ1) is 16.5. The zero-order valence-electron chi connectivity index (χ0n) is 19.7. The zero-order valence-corrected chi connectivity index (χ0v) is 19.7. The molecule has 0 radical (unpaired) electrons. The SMILES string of the molecule is CC(CCC(=O)NCCCCCCC(=O)O)NC(=O)OCC1c2ccccc2-c2ccccc21. The number of ether oxygens (including phenoxy) is 1. The highest BCUT2D eigenvalue weighted by atomic mass is 16.5. The lowest BCUT2D eigenvalue weighted by atomic mass is 9.98. The quantitative estimate of drug-likeness (QED) is 0.366. The predicted molar refractivity (Wildman–Crippen MR) is 131 cm³/mol. The van der Waals surface area contributed by atoms with Crippen LogP contribution in [-0.2, 0) is 14.3 Å². The van der Waals surface area contributed by atoms with Crippen LogP contribution >= 0.6 is 0 Å². The summed E-state index contributed by atoms with van der Waals surface area (Å²) in [5.74, 6) is -0.802. The van der Waals surface area contributed by atoms with Crippen molar-refractivity contribution in [2.24, 2.45) is 0 Å². The summed E-state index contributed by atoms with van der Waals surface area (Å²) in [4.78, 5) is 34.8. The zero-order chi connectivity index (χ0) is 24.3. The summed E-state index contributed by atoms with van der Waals surface area (Å²) in [5.41, 5.74) is 4.71. The molecule has 7 nitrogen and oxygen atoms in total. The molecule has 34 heavy (non-hydrogen) atoms. The van der Waals surface area contributed by atoms with E-state index in [2.05, 4.69) is 34.9 Å². The first-order valence-electron chi connectivity index (χ1n) is 12.1. The molecule has 0 aromatic heterocycles. The van der Waals surface area contributed by atoms with Gasteiger partial charge in [0, 0.05) is 31.3 Å². The van der Waals surface area contributed by atoms with Gasteiger partial charge >= 0.3 is 12.1 Å². The second-order valence-electron chi connectivity index (χ2n) is 8.82. The standard InChI is InChI=1S/C27H34N2O5/c1-19(15-16-25(30)28-17-9-3-2-4-14-26(31)32)29-27(33)34-18-24-22-12-7-5-10-20(22)21-11-6-8-13-23(21)24/h5-8,10-13,19,24H,2-4,9,14-18H2,1H3,(H,28,30)(H,29,33)(H,31,32). The molecule has 1 unspecified atom stereocenters. The third-order valence-electron chi connectivity index (χ3n) is 6.15. The van der Waals surface area contributed by atoms with Crippen molar-refractivity contribution in [2.75, 3.05) is 13.2 Å². The maximum absolute atomic E-state index is 12.3. The van der Waals surface area contributed by atoms with E-state index >= 15 is 0 Å². The van der Waals surface area contributed by atoms with E-state index in [-0.39, 0.29) is 30.9 Å². The van der Waals surface area contributed by atoms with E-state index in [4.69, 9.17) is 9.84 Å². The van der Waals surface area contributed by atoms with Crippen LogP contribution in [0, 0.1) is 0 Å². The largest absolute Gasteiger partial charge is 0.481 e. The van der Waals surface area contributed by atoms with Crippen LogP contribution in [0.25, 0.3) is 11.1 Å². The normalized spacial score (nSPS) is 13.0. The van der Waals surface area contributed by atoms with Crippen molar-refractivity contribution in [3.8, 4) is 11.1 Å². The number of fused-ring (bicyclic) bond motifs is 3. The summed E-state index contributed by atoms with van der Waals surface area (Å²) in [6.45, 7) is 2.71. The van der Waals surface area contributed by atoms with Gasteiger partial charge in [-0.25, -0.2) is 4.79 Å². The number of alkyl carbamates (subject to hydrolysis) is 1. The number of rotatable bonds is 13. The summed E-state index contributed by atoms with van der Waals surface area (Å²) < 4.78 is 5.56. The van der Waals surface area contributed by atoms with Crippen molar-refractivity contribution in [1.82, 2.24) is 10.6 Å². The minimum absolute atomic E-state index is 0.0170. The van der Waals surface area contributed by atoms with Gasteiger partial charge in [0.05, 0.1) is 0 Å². The Labute approximate surface area is 200 Å². The van der Waals surface area contributed by atoms with Crippen LogP contribution in [0.1, 0.15) is 68.9 Å². The van der Waals surface area contributed by atoms with E-state index in [1.54, 1.807) is 0 Å². The predicted octanol–water partition coefficient (Wildman–Crippen LogP) is 4.85. The highest BCUT2D eigenvalue weighted by molar-refractivity contribution is 5.79. The van der Waals surface area contributed by atoms with E-state index in [1.807, 2.05) is 31.2 Å². The molecule has 0 fully saturated rings. The molecule has 2 aromatic carbocycles. The Hall–Kier alpha value is -3.35. The van der Waals surface area contributed by atoms with Gasteiger partial charge in [0.25, 0.3) is 0 Å². The van der Waals surface area contributed by atoms with Gasteiger partial charge in [-0.1, -0.05) is 61.4 Å². The third kappa shape index (κ3) is 7.33. The fraction of sp³-hybridized carbons (Fsp3) is 0.444. The van der Waals surface area contributed by atoms with Crippen molar-refractivity contribution in [3.05, 3.63) is 59.7 Å². The minimum Gasteiger partial charge on any atom is -0.481 e. The summed E-state index contributed by atoms with van der Waals surface area (Å²) in [6, 6.07) is 16.2. The smallest absolute Gasteiger partial charge is 0.407 e. The molecule has 0 saturated heterocycles. The lowest BCUT2D eigenvalue weighted by molar-refractivity contribution is -0.137. The molecule has 1 aliphatic carbocycles. The van der Waals surface area contributed by atoms with Gasteiger partial charge in [0.1, 0.15) is 6.61 Å². The maximum Gasteiger partial charge on any atom is 0.407 e. The summed E-state index contributed by atoms with van der Waals surface area (Å²) >= 11 is 0. The van der Waals surface area contributed by atoms with Gasteiger partial charge in [-0.3, -0.25) is 9.59 Å². The molecule has 1 aliphatic rings. The second-order valence-corrected chi connectivity index (χ2v) is 8.82. The molecule has 7 heteroatoms. The molecule has 0 aliphatic heterocycles. The lowest BCUT2D eigenvalue weighted by Gasteiger charge is -2.17. The molecule has 0 spiro atoms. The van der Waals surface area contributed by atoms with Crippen LogP contribution in [0.4, 0.5) is 4.79 Å². The number of hydrogen-bond donors (Lipinski definition) is 3. The average molecular weight is 467 g/mol. The number of aliphatic carboxylic acids is 1. The van der Waals surface area contributed by atoms with E-state index in [9.17, 15) is 14.4 Å². The van der Waals surface area contributed by atoms with E-state index in [0.29, 0.717) is 25.8 Å². The molecule has 2 amide bonds. The first-order valence-corrected chi connectivity index (χ1v) is 12.1. The lowest BCUT2D eigenvalue weighted by Crippen LogP contribution is -2.35. The molecule has 3 N–H and O–H groups in total. The number of carbonyl (C=O) groups is 3. The Balaban J connectivity index is 1.33. The van der Waals surface area contributed by atoms with Gasteiger partial charge in [-0.15, -0.1) is 0 Å². The summed E-state index contributed by atoms with van der Waals surface area (Å²) in [6.07, 6.45) is 3.81. The molecule has 0 bridgehead atoms. The molecule has 2 aromatic rings. The van der Waals surface area contributed by atoms with Crippen molar-refractivity contribution >= 4 is 18.0 Å². The number of hydrogen-bond acceptors (Lipinski definition) is 4. The van der Waals surface area contributed by atoms with E-state index in [0.717, 1.165) is 19.3 Å². The fourth-order valence-electron chi connectivity index (χ4n) is 4.33. The highest BCUT2D eigenvalue weighted by Crippen LogP contribution is 2.44. The molecular weight excluding hydrogens is 432 g/mol. The Morgan fingerprint density at radius 1 is 0.912 bits per heavy atom. The fourth-order valence-corrected chi connectivity index (χ4v) is 4.33. The average Bonchev–Trinajstić information content (AvgIpc) is 3.14. The van der Waals surface area contributed by atoms with Crippen LogP contribution in [0.5, 0.6) is 0 Å². The Bertz CT molecular complexity index is 945. The number of carboxylic acid groups (broad SMARTS) is 1. The number of nitrogens with one attached hydrogen (secondary N) is 2. The number of unbranched alkanes of at least 4 members (excludes halogenated alkanes) is 3. The van der Waals surface area contributed by atoms with Crippen LogP contribution in [-0.4, -0.2) is 42.3 Å². The molecule has 182 valence electrons. The van der Waals surface area contributed by atoms with E-state index in [1.165, 1.54) is 22.3 Å². The van der Waals surface area contributed by atoms with Gasteiger partial charge < -0.3 is 20.5 Å². The van der Waals surface area contributed by atoms with Crippen molar-refractivity contribution < 1.29 is 24.2 Å². The van der Waals surface area contributed by atoms with Crippen molar-refractivity contribution in [1.29, 1.82) is 0 Å². The van der Waals surface area contributed by atoms with Crippen molar-refractivity contribution in [2.45, 2.75) is 63.8 Å². The molecular formula is C27H34N2O5. The molecule has 0 saturated carbocycles. The Morgan fingerprint density at radius 3 is 2.18 bits per heavy atom. The van der Waals surface area contributed by atoms with Crippen LogP contribution in [0.15, 0.2) is 48.5 Å². The van der Waals surface area contributed by atoms with Gasteiger partial charge in [-0.2, -0.15) is 0 Å². The number of amides is 2. The minimum atomic E-state index is -0.769. The monoisotopic (exact) mass is 466 g/mol. The maximum atomic E-state index is 12.3. The molecule has 0 heterocycles. The van der Waals surface area contributed by atoms with Gasteiger partial charge in [0.2, 0.25) is 5.91 Å². The Kier molecular flexibility index (Phi) is 9.50. The number of benzene rings is 2. The third-order valence-corrected chi connectivity index (χ3v) is 6.15. The van der Waals surface area contributed by atoms with Gasteiger partial charge in [-0.05, 0) is 48.4 Å². The van der Waals surface area contributed by atoms with Crippen LogP contribution in [0.3, 0.4) is 0 Å². The van der Waals surface area contributed by atoms with Crippen LogP contribution < -0.4 is 10.6 Å². The summed E-state index contributed by atoms with van der Waals surface area (Å²) in [5, 5.41) is 14.3. The summed E-state index contributed by atoms with van der Waals surface area (Å²) in [7, 11) is 0. The van der Waals surface area contributed by atoms with Crippen molar-refractivity contribution in [3.63, 3.8) is 0 Å². The topological polar surface area (TPSA) is 105 Å². The van der Waals surface area contributed by atoms with E-state index < -0.39 is 12.1 Å². The number of carboxylic acids is 1. The second kappa shape index (κ2) is 12.8. The van der Waals surface area contributed by atoms with Gasteiger partial charge in [0.15, 0.2) is 0 Å². The highest BCUT2D eigenvalue weighted by Gasteiger charge is 2.29.